The van der Waals surface area contributed by atoms with Crippen molar-refractivity contribution in [3.63, 3.8) is 0 Å². The molecule has 3 N–H and O–H groups in total. The summed E-state index contributed by atoms with van der Waals surface area (Å²) >= 11 is 0. The first-order chi connectivity index (χ1) is 9.15. The monoisotopic (exact) mass is 271 g/mol. The zero-order chi connectivity index (χ0) is 14.1. The van der Waals surface area contributed by atoms with E-state index in [4.69, 9.17) is 5.11 Å². The van der Waals surface area contributed by atoms with Gasteiger partial charge in [-0.2, -0.15) is 0 Å². The Morgan fingerprint density at radius 1 is 1.26 bits per heavy atom. The molecule has 1 rings (SSSR count). The smallest absolute Gasteiger partial charge is 0.315 e. The third-order valence-electron chi connectivity index (χ3n) is 3.66. The topological polar surface area (TPSA) is 64.6 Å². The van der Waals surface area contributed by atoms with E-state index in [1.165, 1.54) is 19.3 Å². The Kier molecular flexibility index (Phi) is 7.82. The van der Waals surface area contributed by atoms with Crippen LogP contribution in [0.15, 0.2) is 0 Å². The summed E-state index contributed by atoms with van der Waals surface area (Å²) in [7, 11) is 0. The van der Waals surface area contributed by atoms with Gasteiger partial charge in [-0.1, -0.05) is 13.3 Å². The number of rotatable bonds is 7. The highest BCUT2D eigenvalue weighted by Gasteiger charge is 2.16. The molecule has 0 aromatic heterocycles. The van der Waals surface area contributed by atoms with Crippen LogP contribution in [0, 0.1) is 0 Å². The summed E-state index contributed by atoms with van der Waals surface area (Å²) < 4.78 is 0. The number of urea groups is 1. The minimum atomic E-state index is -0.121. The fourth-order valence-electron chi connectivity index (χ4n) is 2.56. The lowest BCUT2D eigenvalue weighted by Gasteiger charge is -2.29. The molecule has 0 spiro atoms. The number of piperidine rings is 1. The Morgan fingerprint density at radius 2 is 1.95 bits per heavy atom. The molecule has 112 valence electrons. The molecule has 2 amide bonds. The van der Waals surface area contributed by atoms with Crippen LogP contribution in [0.1, 0.15) is 46.0 Å². The second kappa shape index (κ2) is 9.15. The van der Waals surface area contributed by atoms with Gasteiger partial charge in [0.1, 0.15) is 0 Å². The minimum absolute atomic E-state index is 0.0622. The van der Waals surface area contributed by atoms with Crippen molar-refractivity contribution in [2.75, 3.05) is 26.2 Å². The van der Waals surface area contributed by atoms with Gasteiger partial charge in [0, 0.05) is 25.2 Å². The Labute approximate surface area is 116 Å². The molecule has 1 aliphatic rings. The predicted molar refractivity (Wildman–Crippen MR) is 77.2 cm³/mol. The van der Waals surface area contributed by atoms with E-state index in [2.05, 4.69) is 15.5 Å². The predicted octanol–water partition coefficient (Wildman–Crippen LogP) is 1.32. The molecule has 0 bridgehead atoms. The van der Waals surface area contributed by atoms with Crippen LogP contribution in [0.4, 0.5) is 4.79 Å². The quantitative estimate of drug-likeness (QED) is 0.654. The van der Waals surface area contributed by atoms with Gasteiger partial charge in [-0.25, -0.2) is 4.79 Å². The fourth-order valence-corrected chi connectivity index (χ4v) is 2.56. The normalized spacial score (nSPS) is 19.7. The van der Waals surface area contributed by atoms with E-state index >= 15 is 0 Å². The molecule has 2 atom stereocenters. The molecule has 19 heavy (non-hydrogen) atoms. The third-order valence-corrected chi connectivity index (χ3v) is 3.66. The fraction of sp³-hybridized carbons (Fsp3) is 0.929. The molecule has 1 fully saturated rings. The van der Waals surface area contributed by atoms with Crippen LogP contribution < -0.4 is 10.6 Å². The molecular weight excluding hydrogens is 242 g/mol. The van der Waals surface area contributed by atoms with E-state index in [1.807, 2.05) is 13.8 Å². The van der Waals surface area contributed by atoms with Crippen molar-refractivity contribution in [3.05, 3.63) is 0 Å². The number of likely N-dealkylation sites (tertiary alicyclic amines) is 1. The first kappa shape index (κ1) is 16.2. The zero-order valence-corrected chi connectivity index (χ0v) is 12.3. The number of nitrogens with zero attached hydrogens (tertiary/aromatic N) is 1. The first-order valence-electron chi connectivity index (χ1n) is 7.56. The van der Waals surface area contributed by atoms with Crippen LogP contribution in [0.5, 0.6) is 0 Å². The van der Waals surface area contributed by atoms with E-state index in [0.717, 1.165) is 26.1 Å². The van der Waals surface area contributed by atoms with Crippen molar-refractivity contribution in [2.24, 2.45) is 0 Å². The lowest BCUT2D eigenvalue weighted by Crippen LogP contribution is -2.49. The van der Waals surface area contributed by atoms with Crippen molar-refractivity contribution in [1.29, 1.82) is 0 Å². The summed E-state index contributed by atoms with van der Waals surface area (Å²) in [5.41, 5.74) is 0. The van der Waals surface area contributed by atoms with Gasteiger partial charge in [0.15, 0.2) is 0 Å². The molecule has 0 aliphatic carbocycles. The second-order valence-electron chi connectivity index (χ2n) is 5.50. The van der Waals surface area contributed by atoms with Gasteiger partial charge in [-0.05, 0) is 45.7 Å². The van der Waals surface area contributed by atoms with Gasteiger partial charge >= 0.3 is 6.03 Å². The Bertz CT molecular complexity index is 255. The van der Waals surface area contributed by atoms with Gasteiger partial charge in [0.2, 0.25) is 0 Å². The molecule has 1 aliphatic heterocycles. The number of carbonyl (C=O) groups excluding carboxylic acids is 1. The van der Waals surface area contributed by atoms with Crippen LogP contribution in [-0.2, 0) is 0 Å². The highest BCUT2D eigenvalue weighted by atomic mass is 16.3. The highest BCUT2D eigenvalue weighted by molar-refractivity contribution is 5.74. The van der Waals surface area contributed by atoms with Crippen LogP contribution >= 0.6 is 0 Å². The van der Waals surface area contributed by atoms with Crippen molar-refractivity contribution in [3.8, 4) is 0 Å². The molecule has 0 saturated carbocycles. The van der Waals surface area contributed by atoms with E-state index in [9.17, 15) is 4.79 Å². The summed E-state index contributed by atoms with van der Waals surface area (Å²) in [5.74, 6) is 0. The van der Waals surface area contributed by atoms with Crippen LogP contribution in [-0.4, -0.2) is 54.4 Å². The molecular formula is C14H29N3O2. The maximum absolute atomic E-state index is 11.8. The minimum Gasteiger partial charge on any atom is -0.396 e. The Morgan fingerprint density at radius 3 is 2.53 bits per heavy atom. The first-order valence-corrected chi connectivity index (χ1v) is 7.56. The van der Waals surface area contributed by atoms with E-state index < -0.39 is 0 Å². The largest absolute Gasteiger partial charge is 0.396 e. The van der Waals surface area contributed by atoms with E-state index in [1.54, 1.807) is 0 Å². The summed E-state index contributed by atoms with van der Waals surface area (Å²) in [6, 6.07) is 0.0988. The number of hydrogen-bond donors (Lipinski definition) is 3. The molecule has 0 aromatic rings. The standard InChI is InChI=1S/C14H29N3O2/c1-3-13(7-10-18)16-14(19)15-12(2)11-17-8-5-4-6-9-17/h12-13,18H,3-11H2,1-2H3,(H2,15,16,19). The van der Waals surface area contributed by atoms with Gasteiger partial charge in [0.25, 0.3) is 0 Å². The SMILES string of the molecule is CCC(CCO)NC(=O)NC(C)CN1CCCCC1. The van der Waals surface area contributed by atoms with Crippen molar-refractivity contribution in [2.45, 2.75) is 58.0 Å². The molecule has 2 unspecified atom stereocenters. The molecule has 1 saturated heterocycles. The number of aliphatic hydroxyl groups excluding tert-OH is 1. The summed E-state index contributed by atoms with van der Waals surface area (Å²) in [4.78, 5) is 14.2. The lowest BCUT2D eigenvalue weighted by atomic mass is 10.1. The van der Waals surface area contributed by atoms with E-state index in [0.29, 0.717) is 6.42 Å². The van der Waals surface area contributed by atoms with Crippen molar-refractivity contribution in [1.82, 2.24) is 15.5 Å². The maximum Gasteiger partial charge on any atom is 0.315 e. The molecule has 5 heteroatoms. The van der Waals surface area contributed by atoms with E-state index in [-0.39, 0.29) is 24.7 Å². The number of hydrogen-bond acceptors (Lipinski definition) is 3. The second-order valence-corrected chi connectivity index (χ2v) is 5.50. The number of aliphatic hydroxyl groups is 1. The third kappa shape index (κ3) is 6.78. The average molecular weight is 271 g/mol. The summed E-state index contributed by atoms with van der Waals surface area (Å²) in [6.07, 6.45) is 5.33. The molecule has 0 radical (unpaired) electrons. The van der Waals surface area contributed by atoms with Crippen LogP contribution in [0.2, 0.25) is 0 Å². The van der Waals surface area contributed by atoms with Gasteiger partial charge < -0.3 is 20.6 Å². The summed E-state index contributed by atoms with van der Waals surface area (Å²) in [5, 5.41) is 14.8. The van der Waals surface area contributed by atoms with Crippen molar-refractivity contribution < 1.29 is 9.90 Å². The average Bonchev–Trinajstić information content (AvgIpc) is 2.39. The molecule has 5 nitrogen and oxygen atoms in total. The zero-order valence-electron chi connectivity index (χ0n) is 12.3. The van der Waals surface area contributed by atoms with Gasteiger partial charge in [-0.15, -0.1) is 0 Å². The van der Waals surface area contributed by atoms with Crippen LogP contribution in [0.25, 0.3) is 0 Å². The number of amides is 2. The Balaban J connectivity index is 2.22. The van der Waals surface area contributed by atoms with Crippen molar-refractivity contribution >= 4 is 6.03 Å². The lowest BCUT2D eigenvalue weighted by molar-refractivity contribution is 0.199. The molecule has 1 heterocycles. The van der Waals surface area contributed by atoms with Gasteiger partial charge in [0.05, 0.1) is 0 Å². The summed E-state index contributed by atoms with van der Waals surface area (Å²) in [6.45, 7) is 7.39. The number of nitrogens with one attached hydrogen (secondary N) is 2. The van der Waals surface area contributed by atoms with Gasteiger partial charge in [-0.3, -0.25) is 0 Å². The maximum atomic E-state index is 11.8. The Hall–Kier alpha value is -0.810. The molecule has 0 aromatic carbocycles. The highest BCUT2D eigenvalue weighted by Crippen LogP contribution is 2.08. The van der Waals surface area contributed by atoms with Crippen LogP contribution in [0.3, 0.4) is 0 Å². The number of carbonyl (C=O) groups is 1.